The molecule has 2 aromatic carbocycles. The van der Waals surface area contributed by atoms with Crippen LogP contribution in [0, 0.1) is 11.6 Å². The third-order valence-electron chi connectivity index (χ3n) is 2.28. The Morgan fingerprint density at radius 3 is 2.32 bits per heavy atom. The molecule has 3 nitrogen and oxygen atoms in total. The summed E-state index contributed by atoms with van der Waals surface area (Å²) in [7, 11) is -3.97. The van der Waals surface area contributed by atoms with E-state index in [1.54, 1.807) is 0 Å². The number of halogens is 3. The first kappa shape index (κ1) is 13.8. The fraction of sp³-hybridized carbons (Fsp3) is 0. The van der Waals surface area contributed by atoms with Crippen LogP contribution in [0.15, 0.2) is 47.4 Å². The fourth-order valence-electron chi connectivity index (χ4n) is 1.41. The average molecular weight is 304 g/mol. The first-order valence-electron chi connectivity index (χ1n) is 5.12. The number of hydrogen-bond donors (Lipinski definition) is 1. The number of rotatable bonds is 3. The van der Waals surface area contributed by atoms with E-state index in [1.807, 2.05) is 0 Å². The van der Waals surface area contributed by atoms with Crippen LogP contribution in [-0.2, 0) is 10.0 Å². The number of hydrogen-bond acceptors (Lipinski definition) is 2. The highest BCUT2D eigenvalue weighted by Crippen LogP contribution is 2.25. The highest BCUT2D eigenvalue weighted by atomic mass is 35.5. The highest BCUT2D eigenvalue weighted by molar-refractivity contribution is 7.92. The van der Waals surface area contributed by atoms with Gasteiger partial charge in [-0.1, -0.05) is 17.7 Å². The van der Waals surface area contributed by atoms with E-state index in [1.165, 1.54) is 18.2 Å². The van der Waals surface area contributed by atoms with E-state index in [2.05, 4.69) is 4.72 Å². The van der Waals surface area contributed by atoms with Gasteiger partial charge in [-0.05, 0) is 36.4 Å². The molecule has 0 atom stereocenters. The maximum Gasteiger partial charge on any atom is 0.262 e. The zero-order chi connectivity index (χ0) is 14.0. The Balaban J connectivity index is 2.36. The second-order valence-electron chi connectivity index (χ2n) is 3.69. The zero-order valence-electron chi connectivity index (χ0n) is 9.40. The standard InChI is InChI=1S/C12H8ClF2NO2S/c13-11-7-9(15)4-5-12(11)16-19(17,18)10-3-1-2-8(14)6-10/h1-7,16H. The van der Waals surface area contributed by atoms with Gasteiger partial charge in [0.15, 0.2) is 0 Å². The molecule has 0 heterocycles. The molecule has 0 aliphatic carbocycles. The van der Waals surface area contributed by atoms with Gasteiger partial charge in [-0.15, -0.1) is 0 Å². The minimum Gasteiger partial charge on any atom is -0.278 e. The van der Waals surface area contributed by atoms with E-state index >= 15 is 0 Å². The molecule has 7 heteroatoms. The Morgan fingerprint density at radius 1 is 1.00 bits per heavy atom. The van der Waals surface area contributed by atoms with Crippen molar-refractivity contribution in [2.24, 2.45) is 0 Å². The second-order valence-corrected chi connectivity index (χ2v) is 5.78. The second kappa shape index (κ2) is 5.14. The van der Waals surface area contributed by atoms with Gasteiger partial charge in [0.1, 0.15) is 11.6 Å². The molecule has 0 bridgehead atoms. The summed E-state index contributed by atoms with van der Waals surface area (Å²) in [5.41, 5.74) is 0.0207. The minimum absolute atomic E-state index is 0.0207. The van der Waals surface area contributed by atoms with Crippen molar-refractivity contribution in [1.82, 2.24) is 0 Å². The summed E-state index contributed by atoms with van der Waals surface area (Å²) in [6, 6.07) is 7.75. The van der Waals surface area contributed by atoms with E-state index in [0.717, 1.165) is 24.3 Å². The fourth-order valence-corrected chi connectivity index (χ4v) is 2.79. The summed E-state index contributed by atoms with van der Waals surface area (Å²) in [5.74, 6) is -1.26. The summed E-state index contributed by atoms with van der Waals surface area (Å²) in [4.78, 5) is -0.243. The minimum atomic E-state index is -3.97. The van der Waals surface area contributed by atoms with Crippen LogP contribution < -0.4 is 4.72 Å². The van der Waals surface area contributed by atoms with Crippen LogP contribution in [0.3, 0.4) is 0 Å². The van der Waals surface area contributed by atoms with Crippen molar-refractivity contribution in [3.8, 4) is 0 Å². The Morgan fingerprint density at radius 2 is 1.68 bits per heavy atom. The lowest BCUT2D eigenvalue weighted by Crippen LogP contribution is -2.13. The van der Waals surface area contributed by atoms with Crippen LogP contribution in [0.1, 0.15) is 0 Å². The van der Waals surface area contributed by atoms with E-state index in [0.29, 0.717) is 0 Å². The molecule has 0 amide bonds. The average Bonchev–Trinajstić information content (AvgIpc) is 2.33. The lowest BCUT2D eigenvalue weighted by atomic mass is 10.3. The summed E-state index contributed by atoms with van der Waals surface area (Å²) < 4.78 is 51.9. The normalized spacial score (nSPS) is 11.3. The van der Waals surface area contributed by atoms with E-state index in [-0.39, 0.29) is 15.6 Å². The molecule has 2 rings (SSSR count). The Kier molecular flexibility index (Phi) is 3.73. The van der Waals surface area contributed by atoms with Crippen molar-refractivity contribution in [2.45, 2.75) is 4.90 Å². The van der Waals surface area contributed by atoms with Crippen molar-refractivity contribution in [3.05, 3.63) is 59.1 Å². The summed E-state index contributed by atoms with van der Waals surface area (Å²) in [6.45, 7) is 0. The van der Waals surface area contributed by atoms with Crippen LogP contribution >= 0.6 is 11.6 Å². The Bertz CT molecular complexity index is 719. The molecule has 19 heavy (non-hydrogen) atoms. The van der Waals surface area contributed by atoms with Crippen LogP contribution in [-0.4, -0.2) is 8.42 Å². The SMILES string of the molecule is O=S(=O)(Nc1ccc(F)cc1Cl)c1cccc(F)c1. The van der Waals surface area contributed by atoms with Gasteiger partial charge >= 0.3 is 0 Å². The molecule has 0 spiro atoms. The molecule has 0 saturated heterocycles. The number of benzene rings is 2. The third-order valence-corrected chi connectivity index (χ3v) is 3.96. The van der Waals surface area contributed by atoms with E-state index < -0.39 is 21.7 Å². The van der Waals surface area contributed by atoms with Crippen molar-refractivity contribution < 1.29 is 17.2 Å². The predicted molar refractivity (Wildman–Crippen MR) is 68.6 cm³/mol. The molecule has 0 radical (unpaired) electrons. The van der Waals surface area contributed by atoms with Crippen molar-refractivity contribution in [3.63, 3.8) is 0 Å². The predicted octanol–water partition coefficient (Wildman–Crippen LogP) is 3.42. The zero-order valence-corrected chi connectivity index (χ0v) is 11.0. The van der Waals surface area contributed by atoms with Crippen LogP contribution in [0.5, 0.6) is 0 Å². The third kappa shape index (κ3) is 3.21. The van der Waals surface area contributed by atoms with Gasteiger partial charge in [0.2, 0.25) is 0 Å². The van der Waals surface area contributed by atoms with Gasteiger partial charge in [-0.3, -0.25) is 4.72 Å². The molecule has 0 saturated carbocycles. The Labute approximate surface area is 113 Å². The molecule has 0 aromatic heterocycles. The molecule has 2 aromatic rings. The summed E-state index contributed by atoms with van der Waals surface area (Å²) in [6.07, 6.45) is 0. The van der Waals surface area contributed by atoms with E-state index in [4.69, 9.17) is 11.6 Å². The monoisotopic (exact) mass is 303 g/mol. The van der Waals surface area contributed by atoms with Gasteiger partial charge < -0.3 is 0 Å². The van der Waals surface area contributed by atoms with E-state index in [9.17, 15) is 17.2 Å². The maximum absolute atomic E-state index is 13.0. The summed E-state index contributed by atoms with van der Waals surface area (Å²) in [5, 5.41) is -0.0834. The number of sulfonamides is 1. The summed E-state index contributed by atoms with van der Waals surface area (Å²) >= 11 is 5.71. The highest BCUT2D eigenvalue weighted by Gasteiger charge is 2.16. The molecule has 0 fully saturated rings. The van der Waals surface area contributed by atoms with Crippen LogP contribution in [0.2, 0.25) is 5.02 Å². The number of nitrogens with one attached hydrogen (secondary N) is 1. The van der Waals surface area contributed by atoms with Crippen molar-refractivity contribution in [2.75, 3.05) is 4.72 Å². The first-order valence-corrected chi connectivity index (χ1v) is 6.98. The van der Waals surface area contributed by atoms with Crippen LogP contribution in [0.25, 0.3) is 0 Å². The maximum atomic E-state index is 13.0. The molecular weight excluding hydrogens is 296 g/mol. The quantitative estimate of drug-likeness (QED) is 0.944. The van der Waals surface area contributed by atoms with Gasteiger partial charge in [0, 0.05) is 0 Å². The smallest absolute Gasteiger partial charge is 0.262 e. The lowest BCUT2D eigenvalue weighted by molar-refractivity contribution is 0.595. The van der Waals surface area contributed by atoms with Gasteiger partial charge in [0.25, 0.3) is 10.0 Å². The van der Waals surface area contributed by atoms with Crippen molar-refractivity contribution in [1.29, 1.82) is 0 Å². The van der Waals surface area contributed by atoms with Gasteiger partial charge in [-0.2, -0.15) is 0 Å². The molecule has 0 aliphatic heterocycles. The topological polar surface area (TPSA) is 46.2 Å². The first-order chi connectivity index (χ1) is 8.88. The number of anilines is 1. The van der Waals surface area contributed by atoms with Gasteiger partial charge in [0.05, 0.1) is 15.6 Å². The molecule has 0 aliphatic rings. The van der Waals surface area contributed by atoms with Crippen LogP contribution in [0.4, 0.5) is 14.5 Å². The lowest BCUT2D eigenvalue weighted by Gasteiger charge is -2.09. The molecule has 1 N–H and O–H groups in total. The van der Waals surface area contributed by atoms with Gasteiger partial charge in [-0.25, -0.2) is 17.2 Å². The molecule has 0 unspecified atom stereocenters. The molecule has 100 valence electrons. The Hall–Kier alpha value is -1.66. The molecular formula is C12H8ClF2NO2S. The van der Waals surface area contributed by atoms with Crippen molar-refractivity contribution >= 4 is 27.3 Å². The largest absolute Gasteiger partial charge is 0.278 e.